The van der Waals surface area contributed by atoms with E-state index < -0.39 is 0 Å². The Morgan fingerprint density at radius 2 is 1.83 bits per heavy atom. The molecule has 0 fully saturated rings. The molecule has 0 aromatic heterocycles. The number of carbonyl (C=O) groups is 1. The minimum absolute atomic E-state index is 0.161. The molecule has 0 aromatic carbocycles. The molecule has 0 aliphatic rings. The van der Waals surface area contributed by atoms with Crippen molar-refractivity contribution in [3.63, 3.8) is 0 Å². The monoisotopic (exact) mass is 171 g/mol. The van der Waals surface area contributed by atoms with Crippen molar-refractivity contribution >= 4 is 5.91 Å². The molecule has 2 heteroatoms. The molecular weight excluding hydrogens is 150 g/mol. The van der Waals surface area contributed by atoms with Crippen LogP contribution in [0.2, 0.25) is 0 Å². The first-order chi connectivity index (χ1) is 5.61. The van der Waals surface area contributed by atoms with E-state index in [9.17, 15) is 4.79 Å². The van der Waals surface area contributed by atoms with Gasteiger partial charge in [0.15, 0.2) is 0 Å². The van der Waals surface area contributed by atoms with Crippen molar-refractivity contribution in [2.75, 3.05) is 6.54 Å². The normalized spacial score (nSPS) is 15.3. The molecule has 0 aliphatic heterocycles. The Hall–Kier alpha value is -0.530. The van der Waals surface area contributed by atoms with Crippen LogP contribution in [-0.2, 0) is 4.79 Å². The zero-order valence-electron chi connectivity index (χ0n) is 8.68. The highest BCUT2D eigenvalue weighted by atomic mass is 16.1. The van der Waals surface area contributed by atoms with Crippen LogP contribution in [0.5, 0.6) is 0 Å². The number of rotatable bonds is 5. The summed E-state index contributed by atoms with van der Waals surface area (Å²) in [6, 6.07) is 0. The number of carbonyl (C=O) groups excluding carboxylic acids is 1. The predicted octanol–water partition coefficient (Wildman–Crippen LogP) is 2.19. The van der Waals surface area contributed by atoms with Crippen molar-refractivity contribution in [1.29, 1.82) is 0 Å². The third-order valence-electron chi connectivity index (χ3n) is 2.38. The Labute approximate surface area is 75.7 Å². The number of hydrogen-bond acceptors (Lipinski definition) is 1. The van der Waals surface area contributed by atoms with Gasteiger partial charge in [-0.3, -0.25) is 4.79 Å². The molecule has 0 saturated carbocycles. The third kappa shape index (κ3) is 4.37. The summed E-state index contributed by atoms with van der Waals surface area (Å²) in [5.74, 6) is 0.949. The molecule has 0 spiro atoms. The Kier molecular flexibility index (Phi) is 5.77. The summed E-state index contributed by atoms with van der Waals surface area (Å²) >= 11 is 0. The van der Waals surface area contributed by atoms with Crippen molar-refractivity contribution in [2.45, 2.75) is 40.5 Å². The molecule has 2 atom stereocenters. The van der Waals surface area contributed by atoms with Crippen LogP contribution in [0.3, 0.4) is 0 Å². The van der Waals surface area contributed by atoms with E-state index in [0.29, 0.717) is 5.92 Å². The lowest BCUT2D eigenvalue weighted by molar-refractivity contribution is -0.124. The quantitative estimate of drug-likeness (QED) is 0.675. The highest BCUT2D eigenvalue weighted by Gasteiger charge is 2.10. The summed E-state index contributed by atoms with van der Waals surface area (Å²) in [7, 11) is 0. The Bertz CT molecular complexity index is 134. The highest BCUT2D eigenvalue weighted by Crippen LogP contribution is 2.02. The number of amides is 1. The fraction of sp³-hybridized carbons (Fsp3) is 0.900. The van der Waals surface area contributed by atoms with Crippen molar-refractivity contribution in [3.05, 3.63) is 0 Å². The van der Waals surface area contributed by atoms with E-state index in [2.05, 4.69) is 19.2 Å². The van der Waals surface area contributed by atoms with Crippen LogP contribution in [-0.4, -0.2) is 12.5 Å². The third-order valence-corrected chi connectivity index (χ3v) is 2.38. The largest absolute Gasteiger partial charge is 0.356 e. The van der Waals surface area contributed by atoms with Crippen LogP contribution in [0, 0.1) is 11.8 Å². The fourth-order valence-corrected chi connectivity index (χ4v) is 0.779. The zero-order chi connectivity index (χ0) is 9.56. The van der Waals surface area contributed by atoms with Gasteiger partial charge in [-0.25, -0.2) is 0 Å². The molecule has 2 nitrogen and oxygen atoms in total. The average molecular weight is 171 g/mol. The first-order valence-corrected chi connectivity index (χ1v) is 4.89. The molecule has 0 aliphatic carbocycles. The van der Waals surface area contributed by atoms with Crippen molar-refractivity contribution in [3.8, 4) is 0 Å². The molecule has 1 N–H and O–H groups in total. The second kappa shape index (κ2) is 6.04. The van der Waals surface area contributed by atoms with Gasteiger partial charge >= 0.3 is 0 Å². The fourth-order valence-electron chi connectivity index (χ4n) is 0.779. The first-order valence-electron chi connectivity index (χ1n) is 4.89. The van der Waals surface area contributed by atoms with Gasteiger partial charge in [0.2, 0.25) is 5.91 Å². The summed E-state index contributed by atoms with van der Waals surface area (Å²) in [6.45, 7) is 9.11. The van der Waals surface area contributed by atoms with Crippen LogP contribution in [0.15, 0.2) is 0 Å². The lowest BCUT2D eigenvalue weighted by Crippen LogP contribution is -2.32. The van der Waals surface area contributed by atoms with Crippen molar-refractivity contribution in [2.24, 2.45) is 11.8 Å². The van der Waals surface area contributed by atoms with E-state index in [0.717, 1.165) is 19.4 Å². The molecule has 0 unspecified atom stereocenters. The molecule has 72 valence electrons. The van der Waals surface area contributed by atoms with Crippen LogP contribution in [0.25, 0.3) is 0 Å². The number of hydrogen-bond donors (Lipinski definition) is 1. The van der Waals surface area contributed by atoms with Gasteiger partial charge in [0, 0.05) is 12.5 Å². The van der Waals surface area contributed by atoms with Crippen LogP contribution in [0.1, 0.15) is 40.5 Å². The second-order valence-electron chi connectivity index (χ2n) is 3.57. The standard InChI is InChI=1S/C10H21NO/c1-5-8(3)7-11-10(12)9(4)6-2/h8-9H,5-7H2,1-4H3,(H,11,12)/t8-,9+/m1/s1. The van der Waals surface area contributed by atoms with Gasteiger partial charge < -0.3 is 5.32 Å². The maximum atomic E-state index is 11.3. The van der Waals surface area contributed by atoms with Crippen LogP contribution < -0.4 is 5.32 Å². The highest BCUT2D eigenvalue weighted by molar-refractivity contribution is 5.78. The smallest absolute Gasteiger partial charge is 0.222 e. The van der Waals surface area contributed by atoms with E-state index in [4.69, 9.17) is 0 Å². The van der Waals surface area contributed by atoms with Crippen molar-refractivity contribution < 1.29 is 4.79 Å². The first kappa shape index (κ1) is 11.5. The molecule has 0 radical (unpaired) electrons. The van der Waals surface area contributed by atoms with Gasteiger partial charge in [0.1, 0.15) is 0 Å². The Morgan fingerprint density at radius 1 is 1.25 bits per heavy atom. The SMILES string of the molecule is CC[C@@H](C)CNC(=O)[C@@H](C)CC. The van der Waals surface area contributed by atoms with Gasteiger partial charge in [-0.15, -0.1) is 0 Å². The summed E-state index contributed by atoms with van der Waals surface area (Å²) in [6.07, 6.45) is 2.05. The van der Waals surface area contributed by atoms with Crippen molar-refractivity contribution in [1.82, 2.24) is 5.32 Å². The maximum Gasteiger partial charge on any atom is 0.222 e. The Morgan fingerprint density at radius 3 is 2.25 bits per heavy atom. The number of nitrogens with one attached hydrogen (secondary N) is 1. The average Bonchev–Trinajstić information content (AvgIpc) is 2.11. The van der Waals surface area contributed by atoms with Gasteiger partial charge in [0.25, 0.3) is 0 Å². The van der Waals surface area contributed by atoms with E-state index in [1.807, 2.05) is 13.8 Å². The lowest BCUT2D eigenvalue weighted by Gasteiger charge is -2.13. The van der Waals surface area contributed by atoms with Crippen LogP contribution >= 0.6 is 0 Å². The van der Waals surface area contributed by atoms with Gasteiger partial charge in [-0.2, -0.15) is 0 Å². The molecule has 0 heterocycles. The van der Waals surface area contributed by atoms with Gasteiger partial charge in [-0.1, -0.05) is 34.1 Å². The Balaban J connectivity index is 3.56. The topological polar surface area (TPSA) is 29.1 Å². The van der Waals surface area contributed by atoms with E-state index >= 15 is 0 Å². The summed E-state index contributed by atoms with van der Waals surface area (Å²) in [4.78, 5) is 11.3. The zero-order valence-corrected chi connectivity index (χ0v) is 8.68. The molecule has 1 amide bonds. The molecule has 12 heavy (non-hydrogen) atoms. The van der Waals surface area contributed by atoms with Gasteiger partial charge in [-0.05, 0) is 12.3 Å². The maximum absolute atomic E-state index is 11.3. The van der Waals surface area contributed by atoms with Gasteiger partial charge in [0.05, 0.1) is 0 Å². The van der Waals surface area contributed by atoms with E-state index in [1.54, 1.807) is 0 Å². The molecule has 0 saturated heterocycles. The minimum Gasteiger partial charge on any atom is -0.356 e. The minimum atomic E-state index is 0.161. The van der Waals surface area contributed by atoms with E-state index in [-0.39, 0.29) is 11.8 Å². The lowest BCUT2D eigenvalue weighted by atomic mass is 10.1. The molecule has 0 aromatic rings. The summed E-state index contributed by atoms with van der Waals surface area (Å²) < 4.78 is 0. The molecule has 0 rings (SSSR count). The molecule has 0 bridgehead atoms. The predicted molar refractivity (Wildman–Crippen MR) is 51.9 cm³/mol. The van der Waals surface area contributed by atoms with E-state index in [1.165, 1.54) is 0 Å². The van der Waals surface area contributed by atoms with Crippen LogP contribution in [0.4, 0.5) is 0 Å². The summed E-state index contributed by atoms with van der Waals surface area (Å²) in [5, 5.41) is 2.95. The molecular formula is C10H21NO. The second-order valence-corrected chi connectivity index (χ2v) is 3.57. The summed E-state index contributed by atoms with van der Waals surface area (Å²) in [5.41, 5.74) is 0.